The molecule has 3 aromatic rings. The van der Waals surface area contributed by atoms with Crippen LogP contribution in [0.15, 0.2) is 53.3 Å². The third kappa shape index (κ3) is 4.97. The van der Waals surface area contributed by atoms with E-state index in [0.717, 1.165) is 40.8 Å². The lowest BCUT2D eigenvalue weighted by Crippen LogP contribution is -2.37. The van der Waals surface area contributed by atoms with Crippen molar-refractivity contribution in [1.29, 1.82) is 0 Å². The van der Waals surface area contributed by atoms with Crippen LogP contribution in [0, 0.1) is 0 Å². The molecular formula is C24H30N8OS. The van der Waals surface area contributed by atoms with Crippen LogP contribution in [0.1, 0.15) is 33.2 Å². The Morgan fingerprint density at radius 3 is 2.62 bits per heavy atom. The fourth-order valence-corrected chi connectivity index (χ4v) is 4.75. The normalized spacial score (nSPS) is 15.9. The summed E-state index contributed by atoms with van der Waals surface area (Å²) in [5.41, 5.74) is 8.68. The van der Waals surface area contributed by atoms with Gasteiger partial charge in [-0.05, 0) is 26.3 Å². The van der Waals surface area contributed by atoms with Crippen molar-refractivity contribution in [3.05, 3.63) is 48.2 Å². The van der Waals surface area contributed by atoms with Crippen LogP contribution in [0.3, 0.4) is 0 Å². The molecule has 0 bridgehead atoms. The monoisotopic (exact) mass is 478 g/mol. The minimum Gasteiger partial charge on any atom is -0.378 e. The van der Waals surface area contributed by atoms with Gasteiger partial charge in [-0.15, -0.1) is 0 Å². The van der Waals surface area contributed by atoms with Gasteiger partial charge in [0.25, 0.3) is 0 Å². The predicted octanol–water partition coefficient (Wildman–Crippen LogP) is 4.41. The SMILES string of the molecule is C=CC=C(C=CC)Sc1nc2c(-c3cnc(N)nc3)nc(N3CCOCC3)nc2n1C(C)CC. The van der Waals surface area contributed by atoms with E-state index >= 15 is 0 Å². The van der Waals surface area contributed by atoms with Crippen LogP contribution in [0.2, 0.25) is 0 Å². The molecule has 3 aromatic heterocycles. The number of nitrogen functional groups attached to an aromatic ring is 1. The van der Waals surface area contributed by atoms with Crippen molar-refractivity contribution in [3.8, 4) is 11.3 Å². The number of nitrogens with zero attached hydrogens (tertiary/aromatic N) is 7. The molecule has 1 aliphatic heterocycles. The van der Waals surface area contributed by atoms with Gasteiger partial charge in [-0.25, -0.2) is 19.9 Å². The Bertz CT molecular complexity index is 1210. The van der Waals surface area contributed by atoms with Crippen LogP contribution in [-0.2, 0) is 4.74 Å². The number of hydrogen-bond donors (Lipinski definition) is 1. The number of ether oxygens (including phenoxy) is 1. The lowest BCUT2D eigenvalue weighted by Gasteiger charge is -2.27. The maximum atomic E-state index is 5.74. The Morgan fingerprint density at radius 1 is 1.24 bits per heavy atom. The standard InChI is InChI=1S/C24H30N8OS/c1-5-8-18(9-6-2)34-24-29-20-19(17-14-26-22(25)27-15-17)28-23(31-10-12-33-13-11-31)30-21(20)32(24)16(4)7-3/h5-6,8-9,14-16H,1,7,10-13H2,2-4H3,(H2,25,26,27). The molecule has 0 aromatic carbocycles. The molecule has 10 heteroatoms. The third-order valence-electron chi connectivity index (χ3n) is 5.59. The molecule has 9 nitrogen and oxygen atoms in total. The largest absolute Gasteiger partial charge is 0.378 e. The Kier molecular flexibility index (Phi) is 7.59. The van der Waals surface area contributed by atoms with Crippen LogP contribution < -0.4 is 10.6 Å². The molecule has 0 aliphatic carbocycles. The summed E-state index contributed by atoms with van der Waals surface area (Å²) in [5.74, 6) is 0.869. The van der Waals surface area contributed by atoms with Gasteiger partial charge in [0.15, 0.2) is 10.8 Å². The summed E-state index contributed by atoms with van der Waals surface area (Å²) < 4.78 is 7.74. The number of anilines is 2. The first-order valence-electron chi connectivity index (χ1n) is 11.4. The number of thioether (sulfide) groups is 1. The van der Waals surface area contributed by atoms with Crippen LogP contribution in [0.25, 0.3) is 22.4 Å². The van der Waals surface area contributed by atoms with E-state index in [2.05, 4.69) is 39.9 Å². The van der Waals surface area contributed by atoms with Gasteiger partial charge in [-0.3, -0.25) is 0 Å². The van der Waals surface area contributed by atoms with Gasteiger partial charge in [0.05, 0.1) is 13.2 Å². The van der Waals surface area contributed by atoms with Crippen molar-refractivity contribution in [3.63, 3.8) is 0 Å². The van der Waals surface area contributed by atoms with Crippen molar-refractivity contribution in [2.24, 2.45) is 0 Å². The average Bonchev–Trinajstić information content (AvgIpc) is 3.22. The van der Waals surface area contributed by atoms with E-state index in [9.17, 15) is 0 Å². The van der Waals surface area contributed by atoms with Crippen LogP contribution >= 0.6 is 11.8 Å². The number of nitrogens with two attached hydrogens (primary N) is 1. The minimum atomic E-state index is 0.186. The van der Waals surface area contributed by atoms with Crippen molar-refractivity contribution in [2.75, 3.05) is 36.9 Å². The third-order valence-corrected chi connectivity index (χ3v) is 6.57. The zero-order valence-corrected chi connectivity index (χ0v) is 20.6. The molecule has 1 saturated heterocycles. The first-order chi connectivity index (χ1) is 16.5. The molecule has 1 unspecified atom stereocenters. The smallest absolute Gasteiger partial charge is 0.228 e. The van der Waals surface area contributed by atoms with Gasteiger partial charge < -0.3 is 19.9 Å². The zero-order valence-electron chi connectivity index (χ0n) is 19.8. The first-order valence-corrected chi connectivity index (χ1v) is 12.2. The molecule has 1 fully saturated rings. The summed E-state index contributed by atoms with van der Waals surface area (Å²) in [7, 11) is 0. The fourth-order valence-electron chi connectivity index (χ4n) is 3.67. The van der Waals surface area contributed by atoms with Crippen LogP contribution in [0.5, 0.6) is 0 Å². The van der Waals surface area contributed by atoms with Crippen molar-refractivity contribution in [1.82, 2.24) is 29.5 Å². The first kappa shape index (κ1) is 23.9. The maximum absolute atomic E-state index is 5.74. The summed E-state index contributed by atoms with van der Waals surface area (Å²) >= 11 is 1.58. The van der Waals surface area contributed by atoms with Crippen LogP contribution in [-0.4, -0.2) is 55.8 Å². The zero-order chi connectivity index (χ0) is 24.1. The lowest BCUT2D eigenvalue weighted by atomic mass is 10.2. The topological polar surface area (TPSA) is 108 Å². The molecule has 4 rings (SSSR count). The highest BCUT2D eigenvalue weighted by Gasteiger charge is 2.25. The number of rotatable bonds is 8. The van der Waals surface area contributed by atoms with E-state index in [1.165, 1.54) is 0 Å². The van der Waals surface area contributed by atoms with Crippen molar-refractivity contribution >= 4 is 34.8 Å². The molecule has 0 radical (unpaired) electrons. The Hall–Kier alpha value is -3.24. The van der Waals surface area contributed by atoms with Gasteiger partial charge in [0.1, 0.15) is 11.2 Å². The summed E-state index contributed by atoms with van der Waals surface area (Å²) in [6.45, 7) is 12.9. The maximum Gasteiger partial charge on any atom is 0.228 e. The number of hydrogen-bond acceptors (Lipinski definition) is 9. The van der Waals surface area contributed by atoms with Crippen molar-refractivity contribution in [2.45, 2.75) is 38.4 Å². The number of morpholine rings is 1. The highest BCUT2D eigenvalue weighted by atomic mass is 32.2. The molecule has 1 atom stereocenters. The Morgan fingerprint density at radius 2 is 1.97 bits per heavy atom. The molecule has 0 amide bonds. The lowest BCUT2D eigenvalue weighted by molar-refractivity contribution is 0.122. The second kappa shape index (κ2) is 10.8. The molecule has 2 N–H and O–H groups in total. The van der Waals surface area contributed by atoms with Gasteiger partial charge in [-0.2, -0.15) is 4.98 Å². The molecule has 1 aliphatic rings. The summed E-state index contributed by atoms with van der Waals surface area (Å²) in [6, 6.07) is 0.186. The molecular weight excluding hydrogens is 448 g/mol. The minimum absolute atomic E-state index is 0.186. The van der Waals surface area contributed by atoms with Crippen molar-refractivity contribution < 1.29 is 4.74 Å². The quantitative estimate of drug-likeness (QED) is 0.372. The van der Waals surface area contributed by atoms with E-state index < -0.39 is 0 Å². The number of aromatic nitrogens is 6. The molecule has 178 valence electrons. The average molecular weight is 479 g/mol. The highest BCUT2D eigenvalue weighted by molar-refractivity contribution is 8.03. The van der Waals surface area contributed by atoms with Gasteiger partial charge >= 0.3 is 0 Å². The number of allylic oxidation sites excluding steroid dienone is 4. The number of fused-ring (bicyclic) bond motifs is 1. The van der Waals surface area contributed by atoms with Gasteiger partial charge in [-0.1, -0.05) is 43.5 Å². The summed E-state index contributed by atoms with van der Waals surface area (Å²) in [5, 5.41) is 0.849. The Labute approximate surface area is 203 Å². The molecule has 0 spiro atoms. The fraction of sp³-hybridized carbons (Fsp3) is 0.375. The Balaban J connectivity index is 1.96. The van der Waals surface area contributed by atoms with E-state index in [-0.39, 0.29) is 12.0 Å². The summed E-state index contributed by atoms with van der Waals surface area (Å²) in [4.78, 5) is 26.5. The van der Waals surface area contributed by atoms with Gasteiger partial charge in [0.2, 0.25) is 11.9 Å². The number of imidazole rings is 1. The van der Waals surface area contributed by atoms with E-state index in [0.29, 0.717) is 30.4 Å². The van der Waals surface area contributed by atoms with Gasteiger partial charge in [0, 0.05) is 42.0 Å². The molecule has 0 saturated carbocycles. The molecule has 4 heterocycles. The van der Waals surface area contributed by atoms with E-state index in [4.69, 9.17) is 25.4 Å². The molecule has 34 heavy (non-hydrogen) atoms. The summed E-state index contributed by atoms with van der Waals surface area (Å²) in [6.07, 6.45) is 12.1. The second-order valence-corrected chi connectivity index (χ2v) is 8.94. The van der Waals surface area contributed by atoms with E-state index in [1.807, 2.05) is 25.2 Å². The predicted molar refractivity (Wildman–Crippen MR) is 138 cm³/mol. The van der Waals surface area contributed by atoms with Crippen LogP contribution in [0.4, 0.5) is 11.9 Å². The van der Waals surface area contributed by atoms with E-state index in [1.54, 1.807) is 30.2 Å². The highest BCUT2D eigenvalue weighted by Crippen LogP contribution is 2.36. The second-order valence-electron chi connectivity index (χ2n) is 7.90.